The first kappa shape index (κ1) is 21.5. The lowest BCUT2D eigenvalue weighted by Crippen LogP contribution is -2.45. The second-order valence-corrected chi connectivity index (χ2v) is 9.25. The van der Waals surface area contributed by atoms with Gasteiger partial charge in [-0.05, 0) is 43.4 Å². The Morgan fingerprint density at radius 3 is 2.59 bits per heavy atom. The van der Waals surface area contributed by atoms with Crippen molar-refractivity contribution in [1.29, 1.82) is 0 Å². The van der Waals surface area contributed by atoms with E-state index in [9.17, 15) is 13.2 Å². The van der Waals surface area contributed by atoms with Crippen LogP contribution < -0.4 is 4.72 Å². The number of likely N-dealkylation sites (tertiary alicyclic amines) is 1. The minimum absolute atomic E-state index is 0.168. The number of ether oxygens (including phenoxy) is 1. The molecule has 7 heteroatoms. The highest BCUT2D eigenvalue weighted by Crippen LogP contribution is 2.18. The van der Waals surface area contributed by atoms with Crippen LogP contribution in [0.1, 0.15) is 24.0 Å². The zero-order valence-corrected chi connectivity index (χ0v) is 17.5. The molecule has 1 N–H and O–H groups in total. The molecule has 1 aliphatic heterocycles. The number of nitrogens with zero attached hydrogens (tertiary/aromatic N) is 1. The summed E-state index contributed by atoms with van der Waals surface area (Å²) in [7, 11) is -3.69. The highest BCUT2D eigenvalue weighted by Gasteiger charge is 2.25. The van der Waals surface area contributed by atoms with Gasteiger partial charge in [0.05, 0.1) is 24.7 Å². The van der Waals surface area contributed by atoms with E-state index in [1.165, 1.54) is 0 Å². The molecule has 1 saturated heterocycles. The van der Waals surface area contributed by atoms with E-state index in [2.05, 4.69) is 4.72 Å². The van der Waals surface area contributed by atoms with E-state index in [-0.39, 0.29) is 23.3 Å². The average molecular weight is 417 g/mol. The Kier molecular flexibility index (Phi) is 7.41. The van der Waals surface area contributed by atoms with Gasteiger partial charge in [0.25, 0.3) is 0 Å². The number of sulfonamides is 1. The molecule has 1 aliphatic rings. The zero-order chi connectivity index (χ0) is 20.7. The molecule has 1 amide bonds. The van der Waals surface area contributed by atoms with Crippen molar-refractivity contribution < 1.29 is 17.9 Å². The Bertz CT molecular complexity index is 898. The van der Waals surface area contributed by atoms with Crippen molar-refractivity contribution in [2.45, 2.75) is 31.3 Å². The van der Waals surface area contributed by atoms with Gasteiger partial charge in [-0.1, -0.05) is 48.0 Å². The quantitative estimate of drug-likeness (QED) is 0.718. The van der Waals surface area contributed by atoms with Crippen molar-refractivity contribution in [3.8, 4) is 0 Å². The van der Waals surface area contributed by atoms with E-state index in [0.29, 0.717) is 26.3 Å². The Morgan fingerprint density at radius 1 is 1.14 bits per heavy atom. The molecule has 29 heavy (non-hydrogen) atoms. The summed E-state index contributed by atoms with van der Waals surface area (Å²) in [6.45, 7) is 4.06. The first-order valence-electron chi connectivity index (χ1n) is 9.90. The standard InChI is InChI=1S/C22H28N2O4S/c1-18-9-11-21(12-10-18)29(26,27)23-14-22(25)24-13-5-8-20(15-24)17-28-16-19-6-3-2-4-7-19/h2-4,6-7,9-12,20,23H,5,8,13-17H2,1H3. The second-order valence-electron chi connectivity index (χ2n) is 7.49. The number of carbonyl (C=O) groups is 1. The van der Waals surface area contributed by atoms with Gasteiger partial charge in [-0.3, -0.25) is 4.79 Å². The summed E-state index contributed by atoms with van der Waals surface area (Å²) >= 11 is 0. The molecular weight excluding hydrogens is 388 g/mol. The first-order chi connectivity index (χ1) is 13.9. The Morgan fingerprint density at radius 2 is 1.86 bits per heavy atom. The molecule has 6 nitrogen and oxygen atoms in total. The van der Waals surface area contributed by atoms with Crippen molar-refractivity contribution in [2.75, 3.05) is 26.2 Å². The van der Waals surface area contributed by atoms with E-state index in [1.54, 1.807) is 29.2 Å². The van der Waals surface area contributed by atoms with Gasteiger partial charge in [0, 0.05) is 13.1 Å². The van der Waals surface area contributed by atoms with Crippen LogP contribution in [0.4, 0.5) is 0 Å². The number of nitrogens with one attached hydrogen (secondary N) is 1. The Hall–Kier alpha value is -2.22. The van der Waals surface area contributed by atoms with Gasteiger partial charge < -0.3 is 9.64 Å². The molecule has 1 fully saturated rings. The molecule has 1 unspecified atom stereocenters. The first-order valence-corrected chi connectivity index (χ1v) is 11.4. The SMILES string of the molecule is Cc1ccc(S(=O)(=O)NCC(=O)N2CCCC(COCc3ccccc3)C2)cc1. The highest BCUT2D eigenvalue weighted by molar-refractivity contribution is 7.89. The molecule has 1 atom stereocenters. The summed E-state index contributed by atoms with van der Waals surface area (Å²) in [4.78, 5) is 14.4. The van der Waals surface area contributed by atoms with Crippen LogP contribution in [0, 0.1) is 12.8 Å². The van der Waals surface area contributed by atoms with Crippen molar-refractivity contribution in [3.05, 3.63) is 65.7 Å². The summed E-state index contributed by atoms with van der Waals surface area (Å²) < 4.78 is 33.0. The summed E-state index contributed by atoms with van der Waals surface area (Å²) in [6, 6.07) is 16.6. The largest absolute Gasteiger partial charge is 0.376 e. The van der Waals surface area contributed by atoms with Gasteiger partial charge in [0.15, 0.2) is 0 Å². The van der Waals surface area contributed by atoms with Crippen LogP contribution in [0.3, 0.4) is 0 Å². The lowest BCUT2D eigenvalue weighted by atomic mass is 9.99. The fourth-order valence-corrected chi connectivity index (χ4v) is 4.39. The molecule has 2 aromatic carbocycles. The summed E-state index contributed by atoms with van der Waals surface area (Å²) in [5.74, 6) is 0.0681. The summed E-state index contributed by atoms with van der Waals surface area (Å²) in [5, 5.41) is 0. The van der Waals surface area contributed by atoms with Crippen LogP contribution in [-0.4, -0.2) is 45.5 Å². The van der Waals surface area contributed by atoms with Gasteiger partial charge in [-0.25, -0.2) is 13.1 Å². The Labute approximate surface area is 172 Å². The lowest BCUT2D eigenvalue weighted by Gasteiger charge is -2.32. The third kappa shape index (κ3) is 6.39. The van der Waals surface area contributed by atoms with Gasteiger partial charge in [-0.15, -0.1) is 0 Å². The second kappa shape index (κ2) is 10.0. The third-order valence-electron chi connectivity index (χ3n) is 5.08. The molecule has 0 bridgehead atoms. The van der Waals surface area contributed by atoms with Crippen molar-refractivity contribution in [2.24, 2.45) is 5.92 Å². The predicted octanol–water partition coefficient (Wildman–Crippen LogP) is 2.73. The summed E-state index contributed by atoms with van der Waals surface area (Å²) in [5.41, 5.74) is 2.11. The zero-order valence-electron chi connectivity index (χ0n) is 16.7. The van der Waals surface area contributed by atoms with Crippen LogP contribution in [0.25, 0.3) is 0 Å². The minimum Gasteiger partial charge on any atom is -0.376 e. The number of rotatable bonds is 8. The van der Waals surface area contributed by atoms with Crippen LogP contribution >= 0.6 is 0 Å². The average Bonchev–Trinajstić information content (AvgIpc) is 2.73. The van der Waals surface area contributed by atoms with E-state index >= 15 is 0 Å². The third-order valence-corrected chi connectivity index (χ3v) is 6.50. The van der Waals surface area contributed by atoms with E-state index in [1.807, 2.05) is 37.3 Å². The fraction of sp³-hybridized carbons (Fsp3) is 0.409. The molecule has 0 aromatic heterocycles. The predicted molar refractivity (Wildman–Crippen MR) is 112 cm³/mol. The number of benzene rings is 2. The molecule has 0 spiro atoms. The van der Waals surface area contributed by atoms with Crippen LogP contribution in [-0.2, 0) is 26.2 Å². The molecular formula is C22H28N2O4S. The number of hydrogen-bond donors (Lipinski definition) is 1. The van der Waals surface area contributed by atoms with Crippen LogP contribution in [0.15, 0.2) is 59.5 Å². The van der Waals surface area contributed by atoms with Crippen molar-refractivity contribution in [1.82, 2.24) is 9.62 Å². The maximum absolute atomic E-state index is 12.5. The fourth-order valence-electron chi connectivity index (χ4n) is 3.41. The maximum Gasteiger partial charge on any atom is 0.241 e. The molecule has 2 aromatic rings. The van der Waals surface area contributed by atoms with E-state index in [0.717, 1.165) is 24.0 Å². The van der Waals surface area contributed by atoms with E-state index < -0.39 is 10.0 Å². The minimum atomic E-state index is -3.69. The Balaban J connectivity index is 1.46. The highest BCUT2D eigenvalue weighted by atomic mass is 32.2. The van der Waals surface area contributed by atoms with Crippen LogP contribution in [0.2, 0.25) is 0 Å². The molecule has 0 radical (unpaired) electrons. The topological polar surface area (TPSA) is 75.7 Å². The smallest absolute Gasteiger partial charge is 0.241 e. The normalized spacial score (nSPS) is 17.3. The van der Waals surface area contributed by atoms with Crippen LogP contribution in [0.5, 0.6) is 0 Å². The van der Waals surface area contributed by atoms with Gasteiger partial charge >= 0.3 is 0 Å². The number of hydrogen-bond acceptors (Lipinski definition) is 4. The lowest BCUT2D eigenvalue weighted by molar-refractivity contribution is -0.132. The number of aryl methyl sites for hydroxylation is 1. The van der Waals surface area contributed by atoms with Crippen molar-refractivity contribution in [3.63, 3.8) is 0 Å². The van der Waals surface area contributed by atoms with E-state index in [4.69, 9.17) is 4.74 Å². The molecule has 3 rings (SSSR count). The molecule has 1 heterocycles. The monoisotopic (exact) mass is 416 g/mol. The van der Waals surface area contributed by atoms with Gasteiger partial charge in [0.2, 0.25) is 15.9 Å². The molecule has 156 valence electrons. The number of amides is 1. The molecule has 0 aliphatic carbocycles. The van der Waals surface area contributed by atoms with Gasteiger partial charge in [-0.2, -0.15) is 0 Å². The number of carbonyl (C=O) groups excluding carboxylic acids is 1. The van der Waals surface area contributed by atoms with Crippen molar-refractivity contribution >= 4 is 15.9 Å². The number of piperidine rings is 1. The summed E-state index contributed by atoms with van der Waals surface area (Å²) in [6.07, 6.45) is 1.91. The maximum atomic E-state index is 12.5. The van der Waals surface area contributed by atoms with Gasteiger partial charge in [0.1, 0.15) is 0 Å². The molecule has 0 saturated carbocycles.